The second-order valence-electron chi connectivity index (χ2n) is 4.17. The van der Waals surface area contributed by atoms with Crippen molar-refractivity contribution in [1.82, 2.24) is 10.2 Å². The van der Waals surface area contributed by atoms with E-state index in [2.05, 4.69) is 10.1 Å². The van der Waals surface area contributed by atoms with E-state index in [1.165, 1.54) is 7.11 Å². The van der Waals surface area contributed by atoms with Crippen molar-refractivity contribution in [2.24, 2.45) is 0 Å². The van der Waals surface area contributed by atoms with Crippen molar-refractivity contribution in [2.75, 3.05) is 45.3 Å². The molecule has 1 fully saturated rings. The number of ether oxygens (including phenoxy) is 1. The van der Waals surface area contributed by atoms with Gasteiger partial charge in [-0.2, -0.15) is 0 Å². The van der Waals surface area contributed by atoms with Crippen molar-refractivity contribution in [3.8, 4) is 0 Å². The van der Waals surface area contributed by atoms with Gasteiger partial charge in [-0.3, -0.25) is 4.79 Å². The molecule has 100 valence electrons. The van der Waals surface area contributed by atoms with Crippen LogP contribution in [0.3, 0.4) is 0 Å². The van der Waals surface area contributed by atoms with Crippen LogP contribution in [-0.2, 0) is 19.4 Å². The van der Waals surface area contributed by atoms with Crippen molar-refractivity contribution in [2.45, 2.75) is 12.5 Å². The van der Waals surface area contributed by atoms with Crippen LogP contribution in [0.2, 0.25) is 0 Å². The minimum absolute atomic E-state index is 0.171. The monoisotopic (exact) mass is 264 g/mol. The third-order valence-electron chi connectivity index (χ3n) is 2.92. The molecule has 7 heteroatoms. The van der Waals surface area contributed by atoms with Gasteiger partial charge in [0.05, 0.1) is 18.6 Å². The molecule has 1 aliphatic rings. The molecule has 1 unspecified atom stereocenters. The maximum atomic E-state index is 11.4. The molecule has 17 heavy (non-hydrogen) atoms. The van der Waals surface area contributed by atoms with Crippen molar-refractivity contribution in [1.29, 1.82) is 0 Å². The summed E-state index contributed by atoms with van der Waals surface area (Å²) < 4.78 is 27.5. The van der Waals surface area contributed by atoms with Crippen LogP contribution in [0.15, 0.2) is 0 Å². The van der Waals surface area contributed by atoms with Gasteiger partial charge in [0.2, 0.25) is 0 Å². The van der Waals surface area contributed by atoms with Crippen molar-refractivity contribution >= 4 is 15.8 Å². The first-order chi connectivity index (χ1) is 7.98. The molecule has 1 saturated heterocycles. The number of methoxy groups -OCH3 is 1. The fourth-order valence-corrected chi connectivity index (χ4v) is 3.17. The van der Waals surface area contributed by atoms with Crippen LogP contribution in [0.25, 0.3) is 0 Å². The molecule has 1 heterocycles. The highest BCUT2D eigenvalue weighted by atomic mass is 32.2. The third-order valence-corrected chi connectivity index (χ3v) is 4.64. The van der Waals surface area contributed by atoms with E-state index < -0.39 is 15.9 Å². The van der Waals surface area contributed by atoms with E-state index in [-0.39, 0.29) is 17.5 Å². The van der Waals surface area contributed by atoms with E-state index in [9.17, 15) is 13.2 Å². The van der Waals surface area contributed by atoms with Crippen LogP contribution in [-0.4, -0.2) is 70.6 Å². The molecular weight excluding hydrogens is 244 g/mol. The lowest BCUT2D eigenvalue weighted by Gasteiger charge is -2.23. The fourth-order valence-electron chi connectivity index (χ4n) is 1.86. The van der Waals surface area contributed by atoms with Crippen molar-refractivity contribution in [3.05, 3.63) is 0 Å². The molecule has 0 radical (unpaired) electrons. The molecule has 1 atom stereocenters. The van der Waals surface area contributed by atoms with Crippen molar-refractivity contribution < 1.29 is 17.9 Å². The molecule has 1 N–H and O–H groups in total. The quantitative estimate of drug-likeness (QED) is 0.648. The van der Waals surface area contributed by atoms with Gasteiger partial charge in [0.25, 0.3) is 0 Å². The van der Waals surface area contributed by atoms with Gasteiger partial charge in [-0.05, 0) is 20.0 Å². The van der Waals surface area contributed by atoms with Gasteiger partial charge in [-0.25, -0.2) is 8.42 Å². The Kier molecular flexibility index (Phi) is 5.35. The Labute approximate surface area is 102 Å². The number of hydrogen-bond donors (Lipinski definition) is 1. The lowest BCUT2D eigenvalue weighted by Crippen LogP contribution is -2.46. The number of sulfone groups is 1. The van der Waals surface area contributed by atoms with Crippen LogP contribution < -0.4 is 5.32 Å². The Morgan fingerprint density at radius 2 is 2.12 bits per heavy atom. The second kappa shape index (κ2) is 6.32. The Bertz CT molecular complexity index is 355. The highest BCUT2D eigenvalue weighted by Crippen LogP contribution is 2.06. The Morgan fingerprint density at radius 1 is 1.41 bits per heavy atom. The summed E-state index contributed by atoms with van der Waals surface area (Å²) in [6.45, 7) is 1.67. The summed E-state index contributed by atoms with van der Waals surface area (Å²) in [7, 11) is 0.139. The van der Waals surface area contributed by atoms with Crippen LogP contribution >= 0.6 is 0 Å². The van der Waals surface area contributed by atoms with Crippen molar-refractivity contribution in [3.63, 3.8) is 0 Å². The van der Waals surface area contributed by atoms with E-state index in [4.69, 9.17) is 0 Å². The first-order valence-corrected chi connectivity index (χ1v) is 7.48. The number of hydrogen-bond acceptors (Lipinski definition) is 6. The van der Waals surface area contributed by atoms with E-state index in [1.807, 2.05) is 4.90 Å². The van der Waals surface area contributed by atoms with Gasteiger partial charge in [0.1, 0.15) is 6.04 Å². The molecule has 1 rings (SSSR count). The average Bonchev–Trinajstić information content (AvgIpc) is 2.46. The van der Waals surface area contributed by atoms with E-state index >= 15 is 0 Å². The molecular formula is C10H20N2O4S. The molecule has 0 aromatic carbocycles. The third kappa shape index (κ3) is 4.61. The number of carbonyl (C=O) groups is 1. The first-order valence-electron chi connectivity index (χ1n) is 5.66. The molecule has 0 saturated carbocycles. The standard InChI is InChI=1S/C10H20N2O4S/c1-11-9(10(13)16-2)8-12-4-3-6-17(14,15)7-5-12/h9,11H,3-8H2,1-2H3. The summed E-state index contributed by atoms with van der Waals surface area (Å²) in [6, 6.07) is -0.402. The smallest absolute Gasteiger partial charge is 0.324 e. The Morgan fingerprint density at radius 3 is 2.71 bits per heavy atom. The Balaban J connectivity index is 2.53. The molecule has 0 spiro atoms. The average molecular weight is 264 g/mol. The Hall–Kier alpha value is -0.660. The van der Waals surface area contributed by atoms with Gasteiger partial charge in [0.15, 0.2) is 9.84 Å². The number of nitrogens with one attached hydrogen (secondary N) is 1. The van der Waals surface area contributed by atoms with E-state index in [0.717, 1.165) is 0 Å². The van der Waals surface area contributed by atoms with Gasteiger partial charge in [0, 0.05) is 13.1 Å². The van der Waals surface area contributed by atoms with Crippen LogP contribution in [0, 0.1) is 0 Å². The lowest BCUT2D eigenvalue weighted by molar-refractivity contribution is -0.143. The summed E-state index contributed by atoms with van der Waals surface area (Å²) in [4.78, 5) is 13.4. The van der Waals surface area contributed by atoms with Gasteiger partial charge in [-0.1, -0.05) is 0 Å². The summed E-state index contributed by atoms with van der Waals surface area (Å²) in [6.07, 6.45) is 0.625. The minimum Gasteiger partial charge on any atom is -0.468 e. The maximum Gasteiger partial charge on any atom is 0.324 e. The van der Waals surface area contributed by atoms with Gasteiger partial charge < -0.3 is 15.0 Å². The lowest BCUT2D eigenvalue weighted by atomic mass is 10.2. The largest absolute Gasteiger partial charge is 0.468 e. The highest BCUT2D eigenvalue weighted by Gasteiger charge is 2.24. The summed E-state index contributed by atoms with van der Waals surface area (Å²) in [5.41, 5.74) is 0. The predicted octanol–water partition coefficient (Wildman–Crippen LogP) is -1.13. The fraction of sp³-hybridized carbons (Fsp3) is 0.900. The van der Waals surface area contributed by atoms with Gasteiger partial charge >= 0.3 is 5.97 Å². The van der Waals surface area contributed by atoms with Crippen LogP contribution in [0.4, 0.5) is 0 Å². The minimum atomic E-state index is -2.90. The number of carbonyl (C=O) groups excluding carboxylic acids is 1. The second-order valence-corrected chi connectivity index (χ2v) is 6.47. The topological polar surface area (TPSA) is 75.7 Å². The summed E-state index contributed by atoms with van der Waals surface area (Å²) in [5.74, 6) is 0.0934. The number of esters is 1. The predicted molar refractivity (Wildman–Crippen MR) is 64.6 cm³/mol. The summed E-state index contributed by atoms with van der Waals surface area (Å²) in [5, 5.41) is 2.88. The zero-order valence-corrected chi connectivity index (χ0v) is 11.1. The number of rotatable bonds is 4. The normalized spacial score (nSPS) is 22.7. The number of likely N-dealkylation sites (N-methyl/N-ethyl adjacent to an activating group) is 1. The highest BCUT2D eigenvalue weighted by molar-refractivity contribution is 7.91. The molecule has 0 amide bonds. The maximum absolute atomic E-state index is 11.4. The van der Waals surface area contributed by atoms with E-state index in [0.29, 0.717) is 26.1 Å². The van der Waals surface area contributed by atoms with Gasteiger partial charge in [-0.15, -0.1) is 0 Å². The van der Waals surface area contributed by atoms with E-state index in [1.54, 1.807) is 7.05 Å². The molecule has 0 aliphatic carbocycles. The molecule has 1 aliphatic heterocycles. The number of nitrogens with zero attached hydrogens (tertiary/aromatic N) is 1. The van der Waals surface area contributed by atoms with Crippen LogP contribution in [0.5, 0.6) is 0 Å². The molecule has 0 aromatic heterocycles. The molecule has 0 aromatic rings. The SMILES string of the molecule is CNC(CN1CCCS(=O)(=O)CC1)C(=O)OC. The molecule has 0 bridgehead atoms. The zero-order chi connectivity index (χ0) is 12.9. The summed E-state index contributed by atoms with van der Waals surface area (Å²) >= 11 is 0. The first kappa shape index (κ1) is 14.4. The molecule has 6 nitrogen and oxygen atoms in total. The zero-order valence-electron chi connectivity index (χ0n) is 10.3. The van der Waals surface area contributed by atoms with Crippen LogP contribution in [0.1, 0.15) is 6.42 Å².